The summed E-state index contributed by atoms with van der Waals surface area (Å²) in [5.74, 6) is 0.344. The van der Waals surface area contributed by atoms with E-state index in [2.05, 4.69) is 12.2 Å². The second-order valence-electron chi connectivity index (χ2n) is 4.62. The maximum absolute atomic E-state index is 11.3. The second kappa shape index (κ2) is 5.88. The molecule has 1 aliphatic heterocycles. The molecule has 1 unspecified atom stereocenters. The van der Waals surface area contributed by atoms with Crippen LogP contribution in [0.5, 0.6) is 5.75 Å². The van der Waals surface area contributed by atoms with Crippen LogP contribution >= 0.6 is 0 Å². The van der Waals surface area contributed by atoms with Crippen LogP contribution in [0.1, 0.15) is 13.8 Å². The number of piperazine rings is 1. The molecule has 0 spiro atoms. The minimum atomic E-state index is -0.354. The van der Waals surface area contributed by atoms with E-state index in [1.165, 1.54) is 0 Å². The summed E-state index contributed by atoms with van der Waals surface area (Å²) in [4.78, 5) is 13.0. The Bertz CT molecular complexity index is 464. The Balaban J connectivity index is 2.38. The van der Waals surface area contributed by atoms with Gasteiger partial charge in [-0.1, -0.05) is 6.07 Å². The standard InChI is InChI=1S/C13H19N3O3/c1-3-19-12-6-4-5-11(13(12)16(17)18)15-8-7-14-10(2)9-15/h4-6,10,14H,3,7-9H2,1-2H3. The van der Waals surface area contributed by atoms with E-state index in [1.807, 2.05) is 11.8 Å². The molecule has 1 N–H and O–H groups in total. The molecule has 19 heavy (non-hydrogen) atoms. The minimum absolute atomic E-state index is 0.0680. The van der Waals surface area contributed by atoms with Gasteiger partial charge in [0.1, 0.15) is 5.69 Å². The smallest absolute Gasteiger partial charge is 0.333 e. The fourth-order valence-corrected chi connectivity index (χ4v) is 2.37. The Morgan fingerprint density at radius 2 is 2.37 bits per heavy atom. The van der Waals surface area contributed by atoms with Crippen LogP contribution in [-0.4, -0.2) is 37.2 Å². The Hall–Kier alpha value is -1.82. The lowest BCUT2D eigenvalue weighted by Gasteiger charge is -2.33. The monoisotopic (exact) mass is 265 g/mol. The van der Waals surface area contributed by atoms with Crippen molar-refractivity contribution in [2.75, 3.05) is 31.1 Å². The van der Waals surface area contributed by atoms with Gasteiger partial charge in [0.25, 0.3) is 0 Å². The van der Waals surface area contributed by atoms with E-state index in [9.17, 15) is 10.1 Å². The van der Waals surface area contributed by atoms with Crippen LogP contribution in [0.15, 0.2) is 18.2 Å². The summed E-state index contributed by atoms with van der Waals surface area (Å²) in [6, 6.07) is 5.57. The summed E-state index contributed by atoms with van der Waals surface area (Å²) < 4.78 is 5.37. The molecular weight excluding hydrogens is 246 g/mol. The molecule has 104 valence electrons. The number of anilines is 1. The molecule has 1 aromatic rings. The first-order chi connectivity index (χ1) is 9.13. The molecule has 1 heterocycles. The molecule has 2 rings (SSSR count). The zero-order valence-corrected chi connectivity index (χ0v) is 11.3. The first kappa shape index (κ1) is 13.6. The molecule has 0 aliphatic carbocycles. The molecule has 0 aromatic heterocycles. The van der Waals surface area contributed by atoms with Crippen LogP contribution in [0.2, 0.25) is 0 Å². The quantitative estimate of drug-likeness (QED) is 0.664. The highest BCUT2D eigenvalue weighted by atomic mass is 16.6. The molecule has 1 saturated heterocycles. The van der Waals surface area contributed by atoms with Gasteiger partial charge in [0.05, 0.1) is 11.5 Å². The number of nitro groups is 1. The van der Waals surface area contributed by atoms with Gasteiger partial charge in [-0.15, -0.1) is 0 Å². The first-order valence-corrected chi connectivity index (χ1v) is 6.52. The molecule has 6 nitrogen and oxygen atoms in total. The number of para-hydroxylation sites is 1. The van der Waals surface area contributed by atoms with Gasteiger partial charge in [0.2, 0.25) is 0 Å². The highest BCUT2D eigenvalue weighted by Crippen LogP contribution is 2.37. The van der Waals surface area contributed by atoms with Crippen molar-refractivity contribution in [2.24, 2.45) is 0 Å². The maximum atomic E-state index is 11.3. The summed E-state index contributed by atoms with van der Waals surface area (Å²) in [5, 5.41) is 14.7. The summed E-state index contributed by atoms with van der Waals surface area (Å²) in [5.41, 5.74) is 0.711. The van der Waals surface area contributed by atoms with Crippen molar-refractivity contribution in [1.82, 2.24) is 5.32 Å². The molecule has 0 radical (unpaired) electrons. The van der Waals surface area contributed by atoms with Crippen molar-refractivity contribution in [1.29, 1.82) is 0 Å². The van der Waals surface area contributed by atoms with E-state index < -0.39 is 0 Å². The molecule has 1 aliphatic rings. The second-order valence-corrected chi connectivity index (χ2v) is 4.62. The van der Waals surface area contributed by atoms with Crippen LogP contribution in [-0.2, 0) is 0 Å². The molecule has 0 saturated carbocycles. The highest BCUT2D eigenvalue weighted by Gasteiger charge is 2.27. The first-order valence-electron chi connectivity index (χ1n) is 6.52. The van der Waals surface area contributed by atoms with Crippen LogP contribution in [0, 0.1) is 10.1 Å². The van der Waals surface area contributed by atoms with E-state index in [-0.39, 0.29) is 10.6 Å². The van der Waals surface area contributed by atoms with E-state index in [0.29, 0.717) is 24.1 Å². The van der Waals surface area contributed by atoms with Crippen molar-refractivity contribution < 1.29 is 9.66 Å². The lowest BCUT2D eigenvalue weighted by Crippen LogP contribution is -2.49. The average Bonchev–Trinajstić information content (AvgIpc) is 2.38. The molecule has 1 fully saturated rings. The predicted molar refractivity (Wildman–Crippen MR) is 73.9 cm³/mol. The van der Waals surface area contributed by atoms with Gasteiger partial charge >= 0.3 is 5.69 Å². The highest BCUT2D eigenvalue weighted by molar-refractivity contribution is 5.70. The van der Waals surface area contributed by atoms with Crippen LogP contribution in [0.25, 0.3) is 0 Å². The van der Waals surface area contributed by atoms with Crippen molar-refractivity contribution >= 4 is 11.4 Å². The summed E-state index contributed by atoms with van der Waals surface area (Å²) >= 11 is 0. The van der Waals surface area contributed by atoms with E-state index in [1.54, 1.807) is 18.2 Å². The van der Waals surface area contributed by atoms with Crippen molar-refractivity contribution in [3.8, 4) is 5.75 Å². The third kappa shape index (κ3) is 2.96. The molecule has 1 atom stereocenters. The van der Waals surface area contributed by atoms with Crippen molar-refractivity contribution in [3.63, 3.8) is 0 Å². The molecule has 6 heteroatoms. The molecule has 0 amide bonds. The summed E-state index contributed by atoms with van der Waals surface area (Å²) in [6.45, 7) is 6.67. The van der Waals surface area contributed by atoms with Gasteiger partial charge in [-0.3, -0.25) is 10.1 Å². The molecule has 1 aromatic carbocycles. The Kier molecular flexibility index (Phi) is 4.21. The van der Waals surface area contributed by atoms with Gasteiger partial charge in [0, 0.05) is 25.7 Å². The fraction of sp³-hybridized carbons (Fsp3) is 0.538. The Morgan fingerprint density at radius 3 is 3.00 bits per heavy atom. The zero-order chi connectivity index (χ0) is 13.8. The average molecular weight is 265 g/mol. The Morgan fingerprint density at radius 1 is 1.58 bits per heavy atom. The van der Waals surface area contributed by atoms with E-state index >= 15 is 0 Å². The van der Waals surface area contributed by atoms with Crippen LogP contribution in [0.4, 0.5) is 11.4 Å². The van der Waals surface area contributed by atoms with Gasteiger partial charge in [0.15, 0.2) is 5.75 Å². The number of hydrogen-bond donors (Lipinski definition) is 1. The number of ether oxygens (including phenoxy) is 1. The zero-order valence-electron chi connectivity index (χ0n) is 11.3. The normalized spacial score (nSPS) is 19.3. The number of benzene rings is 1. The maximum Gasteiger partial charge on any atom is 0.333 e. The van der Waals surface area contributed by atoms with E-state index in [0.717, 1.165) is 19.6 Å². The molecular formula is C13H19N3O3. The summed E-state index contributed by atoms with van der Waals surface area (Å²) in [7, 11) is 0. The number of nitro benzene ring substituents is 1. The van der Waals surface area contributed by atoms with Crippen LogP contribution < -0.4 is 15.0 Å². The topological polar surface area (TPSA) is 67.6 Å². The summed E-state index contributed by atoms with van der Waals surface area (Å²) in [6.07, 6.45) is 0. The van der Waals surface area contributed by atoms with E-state index in [4.69, 9.17) is 4.74 Å². The lowest BCUT2D eigenvalue weighted by atomic mass is 10.1. The van der Waals surface area contributed by atoms with Gasteiger partial charge in [-0.25, -0.2) is 0 Å². The van der Waals surface area contributed by atoms with Crippen molar-refractivity contribution in [3.05, 3.63) is 28.3 Å². The molecule has 0 bridgehead atoms. The Labute approximate surface area is 112 Å². The SMILES string of the molecule is CCOc1cccc(N2CCNC(C)C2)c1[N+](=O)[O-]. The largest absolute Gasteiger partial charge is 0.487 e. The van der Waals surface area contributed by atoms with Crippen LogP contribution in [0.3, 0.4) is 0 Å². The number of nitrogens with one attached hydrogen (secondary N) is 1. The minimum Gasteiger partial charge on any atom is -0.487 e. The third-order valence-corrected chi connectivity index (χ3v) is 3.17. The van der Waals surface area contributed by atoms with Gasteiger partial charge in [-0.05, 0) is 26.0 Å². The number of hydrogen-bond acceptors (Lipinski definition) is 5. The predicted octanol–water partition coefficient (Wildman–Crippen LogP) is 1.79. The van der Waals surface area contributed by atoms with Crippen molar-refractivity contribution in [2.45, 2.75) is 19.9 Å². The number of rotatable bonds is 4. The van der Waals surface area contributed by atoms with Gasteiger partial charge in [-0.2, -0.15) is 0 Å². The number of nitrogens with zero attached hydrogens (tertiary/aromatic N) is 2. The van der Waals surface area contributed by atoms with Gasteiger partial charge < -0.3 is 15.0 Å². The third-order valence-electron chi connectivity index (χ3n) is 3.17. The lowest BCUT2D eigenvalue weighted by molar-refractivity contribution is -0.385. The fourth-order valence-electron chi connectivity index (χ4n) is 2.37.